The molecule has 0 saturated carbocycles. The number of hydrogen-bond acceptors (Lipinski definition) is 5. The summed E-state index contributed by atoms with van der Waals surface area (Å²) in [7, 11) is 1.54. The van der Waals surface area contributed by atoms with Crippen molar-refractivity contribution in [1.82, 2.24) is 10.3 Å². The molecule has 7 nitrogen and oxygen atoms in total. The van der Waals surface area contributed by atoms with Crippen LogP contribution in [0.2, 0.25) is 0 Å². The van der Waals surface area contributed by atoms with Gasteiger partial charge in [-0.25, -0.2) is 4.79 Å². The molecule has 1 heterocycles. The Hall–Kier alpha value is -2.80. The van der Waals surface area contributed by atoms with Crippen LogP contribution in [-0.4, -0.2) is 50.3 Å². The largest absolute Gasteiger partial charge is 0.492 e. The summed E-state index contributed by atoms with van der Waals surface area (Å²) < 4.78 is 15.7. The van der Waals surface area contributed by atoms with Crippen LogP contribution in [0.4, 0.5) is 0 Å². The number of ether oxygens (including phenoxy) is 3. The lowest BCUT2D eigenvalue weighted by atomic mass is 9.87. The van der Waals surface area contributed by atoms with Gasteiger partial charge < -0.3 is 24.5 Å². The molecule has 0 aliphatic rings. The minimum atomic E-state index is -0.473. The normalized spacial score (nSPS) is 11.3. The summed E-state index contributed by atoms with van der Waals surface area (Å²) in [5.74, 6) is -0.0113. The van der Waals surface area contributed by atoms with Crippen molar-refractivity contribution in [2.75, 3.05) is 33.5 Å². The lowest BCUT2D eigenvalue weighted by Gasteiger charge is -2.19. The van der Waals surface area contributed by atoms with Gasteiger partial charge in [-0.3, -0.25) is 4.79 Å². The van der Waals surface area contributed by atoms with Crippen molar-refractivity contribution >= 4 is 11.9 Å². The number of methoxy groups -OCH3 is 1. The number of benzene rings is 1. The molecule has 0 saturated heterocycles. The summed E-state index contributed by atoms with van der Waals surface area (Å²) in [5.41, 5.74) is 3.21. The zero-order valence-electron chi connectivity index (χ0n) is 18.7. The van der Waals surface area contributed by atoms with Crippen LogP contribution in [0.25, 0.3) is 0 Å². The van der Waals surface area contributed by atoms with Gasteiger partial charge in [0.25, 0.3) is 5.91 Å². The maximum atomic E-state index is 12.5. The van der Waals surface area contributed by atoms with Crippen LogP contribution < -0.4 is 10.1 Å². The molecule has 7 heteroatoms. The molecule has 0 fully saturated rings. The van der Waals surface area contributed by atoms with Crippen LogP contribution in [0.5, 0.6) is 5.75 Å². The van der Waals surface area contributed by atoms with E-state index in [0.29, 0.717) is 42.3 Å². The Morgan fingerprint density at radius 1 is 1.03 bits per heavy atom. The summed E-state index contributed by atoms with van der Waals surface area (Å²) in [5, 5.41) is 2.81. The van der Waals surface area contributed by atoms with Crippen LogP contribution in [0.1, 0.15) is 58.4 Å². The molecule has 2 aromatic rings. The van der Waals surface area contributed by atoms with Crippen LogP contribution in [-0.2, 0) is 14.9 Å². The number of hydrogen-bond donors (Lipinski definition) is 2. The quantitative estimate of drug-likeness (QED) is 0.482. The highest BCUT2D eigenvalue weighted by molar-refractivity contribution is 6.00. The standard InChI is InChI=1S/C23H32N2O5/c1-15-19(22(27)30-14-13-28-6)16(2)25-20(15)21(26)24-11-12-29-18-9-7-17(8-10-18)23(3,4)5/h7-10,25H,11-14H2,1-6H3,(H,24,26). The lowest BCUT2D eigenvalue weighted by Crippen LogP contribution is -2.29. The molecular formula is C23H32N2O5. The van der Waals surface area contributed by atoms with Gasteiger partial charge >= 0.3 is 5.97 Å². The monoisotopic (exact) mass is 416 g/mol. The van der Waals surface area contributed by atoms with E-state index < -0.39 is 5.97 Å². The van der Waals surface area contributed by atoms with Gasteiger partial charge in [-0.05, 0) is 42.5 Å². The molecule has 1 aromatic heterocycles. The van der Waals surface area contributed by atoms with E-state index in [-0.39, 0.29) is 17.9 Å². The topological polar surface area (TPSA) is 89.7 Å². The molecule has 30 heavy (non-hydrogen) atoms. The average molecular weight is 417 g/mol. The fourth-order valence-electron chi connectivity index (χ4n) is 3.05. The number of carbonyl (C=O) groups is 2. The number of aromatic nitrogens is 1. The van der Waals surface area contributed by atoms with Gasteiger partial charge in [-0.2, -0.15) is 0 Å². The van der Waals surface area contributed by atoms with Gasteiger partial charge in [0.15, 0.2) is 0 Å². The molecule has 0 spiro atoms. The van der Waals surface area contributed by atoms with Gasteiger partial charge in [0.1, 0.15) is 24.7 Å². The Kier molecular flexibility index (Phi) is 8.06. The fraction of sp³-hybridized carbons (Fsp3) is 0.478. The first kappa shape index (κ1) is 23.5. The number of amides is 1. The maximum Gasteiger partial charge on any atom is 0.340 e. The zero-order valence-corrected chi connectivity index (χ0v) is 18.7. The van der Waals surface area contributed by atoms with Crippen molar-refractivity contribution in [3.63, 3.8) is 0 Å². The average Bonchev–Trinajstić information content (AvgIpc) is 2.99. The Balaban J connectivity index is 1.88. The maximum absolute atomic E-state index is 12.5. The summed E-state index contributed by atoms with van der Waals surface area (Å²) in [6, 6.07) is 7.96. The highest BCUT2D eigenvalue weighted by atomic mass is 16.6. The molecular weight excluding hydrogens is 384 g/mol. The first-order valence-electron chi connectivity index (χ1n) is 10.0. The first-order chi connectivity index (χ1) is 14.1. The van der Waals surface area contributed by atoms with E-state index in [0.717, 1.165) is 5.75 Å². The van der Waals surface area contributed by atoms with E-state index in [9.17, 15) is 9.59 Å². The predicted molar refractivity (Wildman–Crippen MR) is 115 cm³/mol. The third kappa shape index (κ3) is 6.10. The van der Waals surface area contributed by atoms with Crippen molar-refractivity contribution in [1.29, 1.82) is 0 Å². The van der Waals surface area contributed by atoms with Crippen molar-refractivity contribution < 1.29 is 23.8 Å². The molecule has 0 radical (unpaired) electrons. The molecule has 2 rings (SSSR count). The number of esters is 1. The summed E-state index contributed by atoms with van der Waals surface area (Å²) in [6.45, 7) is 11.1. The van der Waals surface area contributed by atoms with Gasteiger partial charge in [0, 0.05) is 12.8 Å². The summed E-state index contributed by atoms with van der Waals surface area (Å²) >= 11 is 0. The minimum absolute atomic E-state index is 0.0909. The number of H-pyrrole nitrogens is 1. The molecule has 0 aliphatic heterocycles. The molecule has 1 amide bonds. The summed E-state index contributed by atoms with van der Waals surface area (Å²) in [4.78, 5) is 27.7. The van der Waals surface area contributed by atoms with Gasteiger partial charge in [0.05, 0.1) is 18.7 Å². The Morgan fingerprint density at radius 3 is 2.30 bits per heavy atom. The van der Waals surface area contributed by atoms with Crippen LogP contribution >= 0.6 is 0 Å². The SMILES string of the molecule is COCCOC(=O)c1c(C)[nH]c(C(=O)NCCOc2ccc(C(C)(C)C)cc2)c1C. The lowest BCUT2D eigenvalue weighted by molar-refractivity contribution is 0.0386. The molecule has 2 N–H and O–H groups in total. The van der Waals surface area contributed by atoms with Gasteiger partial charge in [-0.15, -0.1) is 0 Å². The third-order valence-corrected chi connectivity index (χ3v) is 4.77. The number of carbonyl (C=O) groups excluding carboxylic acids is 2. The number of aryl methyl sites for hydroxylation is 1. The molecule has 164 valence electrons. The Bertz CT molecular complexity index is 863. The smallest absolute Gasteiger partial charge is 0.340 e. The van der Waals surface area contributed by atoms with E-state index in [1.807, 2.05) is 24.3 Å². The van der Waals surface area contributed by atoms with Gasteiger partial charge in [0.2, 0.25) is 0 Å². The fourth-order valence-corrected chi connectivity index (χ4v) is 3.05. The molecule has 0 atom stereocenters. The third-order valence-electron chi connectivity index (χ3n) is 4.77. The highest BCUT2D eigenvalue weighted by Gasteiger charge is 2.22. The summed E-state index contributed by atoms with van der Waals surface area (Å²) in [6.07, 6.45) is 0. The molecule has 0 bridgehead atoms. The Morgan fingerprint density at radius 2 is 1.70 bits per heavy atom. The minimum Gasteiger partial charge on any atom is -0.492 e. The van der Waals surface area contributed by atoms with E-state index in [1.165, 1.54) is 12.7 Å². The molecule has 1 aromatic carbocycles. The number of nitrogens with one attached hydrogen (secondary N) is 2. The second-order valence-corrected chi connectivity index (χ2v) is 8.13. The predicted octanol–water partition coefficient (Wildman–Crippen LogP) is 3.54. The van der Waals surface area contributed by atoms with E-state index in [2.05, 4.69) is 31.1 Å². The van der Waals surface area contributed by atoms with Crippen LogP contribution in [0, 0.1) is 13.8 Å². The molecule has 0 aliphatic carbocycles. The van der Waals surface area contributed by atoms with Crippen molar-refractivity contribution in [2.45, 2.75) is 40.0 Å². The van der Waals surface area contributed by atoms with Crippen LogP contribution in [0.15, 0.2) is 24.3 Å². The van der Waals surface area contributed by atoms with Crippen molar-refractivity contribution in [3.8, 4) is 5.75 Å². The Labute approximate surface area is 178 Å². The molecule has 0 unspecified atom stereocenters. The second-order valence-electron chi connectivity index (χ2n) is 8.13. The van der Waals surface area contributed by atoms with E-state index >= 15 is 0 Å². The van der Waals surface area contributed by atoms with E-state index in [4.69, 9.17) is 14.2 Å². The van der Waals surface area contributed by atoms with Gasteiger partial charge in [-0.1, -0.05) is 32.9 Å². The highest BCUT2D eigenvalue weighted by Crippen LogP contribution is 2.24. The number of rotatable bonds is 9. The first-order valence-corrected chi connectivity index (χ1v) is 10.0. The van der Waals surface area contributed by atoms with E-state index in [1.54, 1.807) is 13.8 Å². The second kappa shape index (κ2) is 10.3. The van der Waals surface area contributed by atoms with Crippen LogP contribution in [0.3, 0.4) is 0 Å². The van der Waals surface area contributed by atoms with Crippen molar-refractivity contribution in [2.24, 2.45) is 0 Å². The van der Waals surface area contributed by atoms with Crippen molar-refractivity contribution in [3.05, 3.63) is 52.3 Å². The number of aromatic amines is 1. The zero-order chi connectivity index (χ0) is 22.3.